The van der Waals surface area contributed by atoms with Gasteiger partial charge in [0.25, 0.3) is 5.69 Å². The molecule has 0 aliphatic rings. The molecule has 0 saturated heterocycles. The second-order valence-corrected chi connectivity index (χ2v) is 4.19. The predicted molar refractivity (Wildman–Crippen MR) is 61.6 cm³/mol. The highest BCUT2D eigenvalue weighted by molar-refractivity contribution is 7.99. The molecule has 0 aliphatic heterocycles. The van der Waals surface area contributed by atoms with Crippen molar-refractivity contribution in [2.45, 2.75) is 6.92 Å². The highest BCUT2D eigenvalue weighted by Crippen LogP contribution is 2.17. The largest absolute Gasteiger partial charge is 0.493 e. The summed E-state index contributed by atoms with van der Waals surface area (Å²) in [6.07, 6.45) is 0. The molecule has 0 bridgehead atoms. The molecule has 1 aromatic carbocycles. The van der Waals surface area contributed by atoms with E-state index in [1.807, 2.05) is 0 Å². The first-order chi connectivity index (χ1) is 7.24. The Morgan fingerprint density at radius 2 is 2.07 bits per heavy atom. The fourth-order valence-electron chi connectivity index (χ4n) is 1.03. The fraction of sp³-hybridized carbons (Fsp3) is 0.400. The molecule has 0 saturated carbocycles. The van der Waals surface area contributed by atoms with Crippen LogP contribution in [0.5, 0.6) is 5.75 Å². The zero-order valence-corrected chi connectivity index (χ0v) is 9.33. The van der Waals surface area contributed by atoms with E-state index >= 15 is 0 Å². The molecule has 5 heteroatoms. The maximum atomic E-state index is 10.4. The lowest BCUT2D eigenvalue weighted by molar-refractivity contribution is -0.384. The number of benzene rings is 1. The first-order valence-corrected chi connectivity index (χ1v) is 5.84. The van der Waals surface area contributed by atoms with E-state index in [4.69, 9.17) is 4.74 Å². The summed E-state index contributed by atoms with van der Waals surface area (Å²) in [6, 6.07) is 6.13. The van der Waals surface area contributed by atoms with Gasteiger partial charge in [-0.25, -0.2) is 0 Å². The van der Waals surface area contributed by atoms with Gasteiger partial charge < -0.3 is 4.74 Å². The van der Waals surface area contributed by atoms with E-state index in [-0.39, 0.29) is 5.69 Å². The standard InChI is InChI=1S/C10H13NO3S/c1-2-15-8-7-14-10-5-3-9(4-6-10)11(12)13/h3-6H,2,7-8H2,1H3. The molecule has 0 atom stereocenters. The van der Waals surface area contributed by atoms with E-state index in [9.17, 15) is 10.1 Å². The zero-order valence-electron chi connectivity index (χ0n) is 8.51. The number of ether oxygens (including phenoxy) is 1. The number of nitro groups is 1. The van der Waals surface area contributed by atoms with E-state index in [0.29, 0.717) is 12.4 Å². The number of nitrogens with zero attached hydrogens (tertiary/aromatic N) is 1. The summed E-state index contributed by atoms with van der Waals surface area (Å²) in [6.45, 7) is 2.73. The Kier molecular flexibility index (Phi) is 4.97. The van der Waals surface area contributed by atoms with Gasteiger partial charge in [0.15, 0.2) is 0 Å². The van der Waals surface area contributed by atoms with Crippen molar-refractivity contribution in [2.75, 3.05) is 18.1 Å². The van der Waals surface area contributed by atoms with E-state index in [2.05, 4.69) is 6.92 Å². The van der Waals surface area contributed by atoms with Crippen LogP contribution in [0.4, 0.5) is 5.69 Å². The lowest BCUT2D eigenvalue weighted by Crippen LogP contribution is -2.00. The molecule has 0 heterocycles. The van der Waals surface area contributed by atoms with Crippen LogP contribution < -0.4 is 4.74 Å². The molecule has 0 N–H and O–H groups in total. The van der Waals surface area contributed by atoms with Crippen LogP contribution in [-0.4, -0.2) is 23.0 Å². The molecular weight excluding hydrogens is 214 g/mol. The number of nitro benzene ring substituents is 1. The molecule has 15 heavy (non-hydrogen) atoms. The summed E-state index contributed by atoms with van der Waals surface area (Å²) in [5.41, 5.74) is 0.0882. The van der Waals surface area contributed by atoms with Gasteiger partial charge in [0.05, 0.1) is 11.5 Å². The molecule has 4 nitrogen and oxygen atoms in total. The number of hydrogen-bond acceptors (Lipinski definition) is 4. The Balaban J connectivity index is 2.39. The Hall–Kier alpha value is -1.23. The van der Waals surface area contributed by atoms with Crippen molar-refractivity contribution in [1.82, 2.24) is 0 Å². The second kappa shape index (κ2) is 6.29. The lowest BCUT2D eigenvalue weighted by Gasteiger charge is -2.04. The van der Waals surface area contributed by atoms with Crippen LogP contribution in [0.2, 0.25) is 0 Å². The molecule has 0 aliphatic carbocycles. The van der Waals surface area contributed by atoms with Gasteiger partial charge >= 0.3 is 0 Å². The normalized spacial score (nSPS) is 9.93. The summed E-state index contributed by atoms with van der Waals surface area (Å²) in [7, 11) is 0. The Labute approximate surface area is 92.8 Å². The van der Waals surface area contributed by atoms with Gasteiger partial charge in [0.2, 0.25) is 0 Å². The van der Waals surface area contributed by atoms with Gasteiger partial charge in [-0.2, -0.15) is 11.8 Å². The van der Waals surface area contributed by atoms with Gasteiger partial charge in [-0.15, -0.1) is 0 Å². The van der Waals surface area contributed by atoms with Gasteiger partial charge in [-0.1, -0.05) is 6.92 Å². The van der Waals surface area contributed by atoms with Crippen LogP contribution >= 0.6 is 11.8 Å². The summed E-state index contributed by atoms with van der Waals surface area (Å²) in [5, 5.41) is 10.4. The van der Waals surface area contributed by atoms with Crippen molar-refractivity contribution < 1.29 is 9.66 Å². The quantitative estimate of drug-likeness (QED) is 0.426. The Morgan fingerprint density at radius 3 is 2.60 bits per heavy atom. The molecule has 0 fully saturated rings. The number of thioether (sulfide) groups is 1. The second-order valence-electron chi connectivity index (χ2n) is 2.80. The minimum atomic E-state index is -0.420. The first-order valence-electron chi connectivity index (χ1n) is 4.69. The molecule has 82 valence electrons. The molecule has 0 spiro atoms. The SMILES string of the molecule is CCSCCOc1ccc([N+](=O)[O-])cc1. The van der Waals surface area contributed by atoms with Crippen LogP contribution in [-0.2, 0) is 0 Å². The smallest absolute Gasteiger partial charge is 0.269 e. The fourth-order valence-corrected chi connectivity index (χ4v) is 1.52. The third-order valence-corrected chi connectivity index (χ3v) is 2.61. The summed E-state index contributed by atoms with van der Waals surface area (Å²) in [4.78, 5) is 9.95. The molecule has 1 aromatic rings. The van der Waals surface area contributed by atoms with Crippen molar-refractivity contribution in [3.63, 3.8) is 0 Å². The van der Waals surface area contributed by atoms with Gasteiger partial charge in [-0.05, 0) is 17.9 Å². The average molecular weight is 227 g/mol. The minimum absolute atomic E-state index is 0.0882. The average Bonchev–Trinajstić information content (AvgIpc) is 2.25. The highest BCUT2D eigenvalue weighted by atomic mass is 32.2. The van der Waals surface area contributed by atoms with Crippen molar-refractivity contribution >= 4 is 17.4 Å². The summed E-state index contributed by atoms with van der Waals surface area (Å²) in [5.74, 6) is 2.69. The van der Waals surface area contributed by atoms with Gasteiger partial charge in [0, 0.05) is 17.9 Å². The van der Waals surface area contributed by atoms with Crippen molar-refractivity contribution in [3.8, 4) is 5.75 Å². The number of non-ortho nitro benzene ring substituents is 1. The summed E-state index contributed by atoms with van der Waals surface area (Å²) >= 11 is 1.80. The zero-order chi connectivity index (χ0) is 11.1. The molecule has 0 aromatic heterocycles. The van der Waals surface area contributed by atoms with Gasteiger partial charge in [-0.3, -0.25) is 10.1 Å². The molecule has 0 unspecified atom stereocenters. The summed E-state index contributed by atoms with van der Waals surface area (Å²) < 4.78 is 5.40. The molecule has 0 amide bonds. The van der Waals surface area contributed by atoms with Crippen LogP contribution in [0.25, 0.3) is 0 Å². The topological polar surface area (TPSA) is 52.4 Å². The monoisotopic (exact) mass is 227 g/mol. The van der Waals surface area contributed by atoms with Crippen LogP contribution in [0.15, 0.2) is 24.3 Å². The molecule has 0 radical (unpaired) electrons. The Bertz CT molecular complexity index is 313. The van der Waals surface area contributed by atoms with Crippen LogP contribution in [0.1, 0.15) is 6.92 Å². The molecular formula is C10H13NO3S. The van der Waals surface area contributed by atoms with E-state index in [1.165, 1.54) is 12.1 Å². The van der Waals surface area contributed by atoms with Crippen molar-refractivity contribution in [2.24, 2.45) is 0 Å². The third-order valence-electron chi connectivity index (χ3n) is 1.75. The van der Waals surface area contributed by atoms with Crippen LogP contribution in [0.3, 0.4) is 0 Å². The number of rotatable bonds is 6. The van der Waals surface area contributed by atoms with E-state index in [1.54, 1.807) is 23.9 Å². The predicted octanol–water partition coefficient (Wildman–Crippen LogP) is 2.73. The third kappa shape index (κ3) is 4.20. The number of hydrogen-bond donors (Lipinski definition) is 0. The van der Waals surface area contributed by atoms with Gasteiger partial charge in [0.1, 0.15) is 5.75 Å². The maximum Gasteiger partial charge on any atom is 0.269 e. The lowest BCUT2D eigenvalue weighted by atomic mass is 10.3. The minimum Gasteiger partial charge on any atom is -0.493 e. The van der Waals surface area contributed by atoms with Crippen molar-refractivity contribution in [1.29, 1.82) is 0 Å². The van der Waals surface area contributed by atoms with E-state index < -0.39 is 4.92 Å². The van der Waals surface area contributed by atoms with E-state index in [0.717, 1.165) is 11.5 Å². The first kappa shape index (κ1) is 11.8. The Morgan fingerprint density at radius 1 is 1.40 bits per heavy atom. The van der Waals surface area contributed by atoms with Crippen molar-refractivity contribution in [3.05, 3.63) is 34.4 Å². The molecule has 1 rings (SSSR count). The highest BCUT2D eigenvalue weighted by Gasteiger charge is 2.03. The van der Waals surface area contributed by atoms with Crippen LogP contribution in [0, 0.1) is 10.1 Å². The maximum absolute atomic E-state index is 10.4.